The van der Waals surface area contributed by atoms with Crippen molar-refractivity contribution in [1.82, 2.24) is 5.32 Å². The lowest BCUT2D eigenvalue weighted by atomic mass is 10.2. The smallest absolute Gasteiger partial charge is 0.246 e. The summed E-state index contributed by atoms with van der Waals surface area (Å²) in [5.41, 5.74) is 3.51. The molecule has 0 fully saturated rings. The van der Waals surface area contributed by atoms with Crippen molar-refractivity contribution in [2.75, 3.05) is 6.61 Å². The maximum absolute atomic E-state index is 11.8. The summed E-state index contributed by atoms with van der Waals surface area (Å²) in [5.74, 6) is -0.0913. The predicted octanol–water partition coefficient (Wildman–Crippen LogP) is 4.31. The van der Waals surface area contributed by atoms with Crippen LogP contribution in [0.4, 0.5) is 0 Å². The monoisotopic (exact) mass is 343 g/mol. The molecule has 2 aromatic heterocycles. The standard InChI is InChI=1S/C18H17NO2S2/c20-18(11-21-10-14-4-2-1-3-5-14)19-9-17-8-16(13-23-17)15-6-7-22-12-15/h1-8,12-13H,9-11H2,(H,19,20). The Morgan fingerprint density at radius 3 is 2.74 bits per heavy atom. The highest BCUT2D eigenvalue weighted by atomic mass is 32.1. The van der Waals surface area contributed by atoms with Crippen LogP contribution in [0.15, 0.2) is 58.6 Å². The molecule has 3 aromatic rings. The van der Waals surface area contributed by atoms with Crippen LogP contribution in [0.3, 0.4) is 0 Å². The summed E-state index contributed by atoms with van der Waals surface area (Å²) in [5, 5.41) is 9.21. The third kappa shape index (κ3) is 4.76. The lowest BCUT2D eigenvalue weighted by Crippen LogP contribution is -2.26. The van der Waals surface area contributed by atoms with E-state index in [0.29, 0.717) is 13.2 Å². The van der Waals surface area contributed by atoms with Crippen LogP contribution >= 0.6 is 22.7 Å². The molecule has 5 heteroatoms. The van der Waals surface area contributed by atoms with Gasteiger partial charge in [0, 0.05) is 4.88 Å². The minimum atomic E-state index is -0.0913. The summed E-state index contributed by atoms with van der Waals surface area (Å²) >= 11 is 3.35. The number of carbonyl (C=O) groups excluding carboxylic acids is 1. The van der Waals surface area contributed by atoms with Crippen molar-refractivity contribution in [3.8, 4) is 11.1 Å². The first-order valence-corrected chi connectivity index (χ1v) is 9.12. The van der Waals surface area contributed by atoms with Gasteiger partial charge in [-0.1, -0.05) is 30.3 Å². The second-order valence-corrected chi connectivity index (χ2v) is 6.84. The number of ether oxygens (including phenoxy) is 1. The molecule has 0 aliphatic heterocycles. The summed E-state index contributed by atoms with van der Waals surface area (Å²) in [6.45, 7) is 1.08. The van der Waals surface area contributed by atoms with E-state index in [1.165, 1.54) is 11.1 Å². The SMILES string of the molecule is O=C(COCc1ccccc1)NCc1cc(-c2ccsc2)cs1. The first kappa shape index (κ1) is 15.9. The van der Waals surface area contributed by atoms with Crippen LogP contribution in [0, 0.1) is 0 Å². The van der Waals surface area contributed by atoms with Crippen molar-refractivity contribution in [2.24, 2.45) is 0 Å². The van der Waals surface area contributed by atoms with Gasteiger partial charge in [0.2, 0.25) is 5.91 Å². The zero-order valence-electron chi connectivity index (χ0n) is 12.5. The molecule has 1 amide bonds. The molecule has 0 saturated carbocycles. The summed E-state index contributed by atoms with van der Waals surface area (Å²) < 4.78 is 5.43. The Bertz CT molecular complexity index is 735. The van der Waals surface area contributed by atoms with E-state index in [1.54, 1.807) is 22.7 Å². The maximum Gasteiger partial charge on any atom is 0.246 e. The average Bonchev–Trinajstić information content (AvgIpc) is 3.25. The van der Waals surface area contributed by atoms with E-state index < -0.39 is 0 Å². The molecule has 0 aliphatic carbocycles. The van der Waals surface area contributed by atoms with Gasteiger partial charge >= 0.3 is 0 Å². The zero-order valence-corrected chi connectivity index (χ0v) is 14.2. The van der Waals surface area contributed by atoms with Crippen LogP contribution in [0.5, 0.6) is 0 Å². The first-order chi connectivity index (χ1) is 11.3. The van der Waals surface area contributed by atoms with Gasteiger partial charge < -0.3 is 10.1 Å². The number of hydrogen-bond donors (Lipinski definition) is 1. The van der Waals surface area contributed by atoms with Gasteiger partial charge in [0.1, 0.15) is 6.61 Å². The van der Waals surface area contributed by atoms with Crippen molar-refractivity contribution in [1.29, 1.82) is 0 Å². The first-order valence-electron chi connectivity index (χ1n) is 7.29. The van der Waals surface area contributed by atoms with E-state index in [-0.39, 0.29) is 12.5 Å². The van der Waals surface area contributed by atoms with E-state index in [4.69, 9.17) is 4.74 Å². The van der Waals surface area contributed by atoms with Crippen LogP contribution in [-0.2, 0) is 22.7 Å². The van der Waals surface area contributed by atoms with Gasteiger partial charge in [0.05, 0.1) is 13.2 Å². The Morgan fingerprint density at radius 2 is 1.96 bits per heavy atom. The van der Waals surface area contributed by atoms with Crippen LogP contribution in [0.25, 0.3) is 11.1 Å². The van der Waals surface area contributed by atoms with Crippen molar-refractivity contribution < 1.29 is 9.53 Å². The third-order valence-corrected chi connectivity index (χ3v) is 4.93. The number of amides is 1. The second-order valence-electron chi connectivity index (χ2n) is 5.07. The largest absolute Gasteiger partial charge is 0.367 e. The van der Waals surface area contributed by atoms with Crippen LogP contribution in [0.2, 0.25) is 0 Å². The maximum atomic E-state index is 11.8. The van der Waals surface area contributed by atoms with Gasteiger partial charge in [-0.05, 0) is 45.0 Å². The molecule has 0 aliphatic rings. The lowest BCUT2D eigenvalue weighted by molar-refractivity contribution is -0.126. The van der Waals surface area contributed by atoms with E-state index in [1.807, 2.05) is 30.3 Å². The van der Waals surface area contributed by atoms with Crippen LogP contribution in [-0.4, -0.2) is 12.5 Å². The number of hydrogen-bond acceptors (Lipinski definition) is 4. The molecule has 3 nitrogen and oxygen atoms in total. The normalized spacial score (nSPS) is 10.6. The molecule has 0 radical (unpaired) electrons. The number of carbonyl (C=O) groups is 1. The fourth-order valence-electron chi connectivity index (χ4n) is 2.13. The number of benzene rings is 1. The molecule has 3 rings (SSSR count). The molecule has 0 unspecified atom stereocenters. The highest BCUT2D eigenvalue weighted by molar-refractivity contribution is 7.10. The Morgan fingerprint density at radius 1 is 1.09 bits per heavy atom. The summed E-state index contributed by atoms with van der Waals surface area (Å²) in [4.78, 5) is 13.0. The molecule has 0 atom stereocenters. The summed E-state index contributed by atoms with van der Waals surface area (Å²) in [6, 6.07) is 14.1. The molecule has 0 saturated heterocycles. The fourth-order valence-corrected chi connectivity index (χ4v) is 3.62. The van der Waals surface area contributed by atoms with E-state index in [0.717, 1.165) is 10.4 Å². The molecular weight excluding hydrogens is 326 g/mol. The molecule has 1 aromatic carbocycles. The van der Waals surface area contributed by atoms with E-state index in [2.05, 4.69) is 33.6 Å². The van der Waals surface area contributed by atoms with Gasteiger partial charge in [0.25, 0.3) is 0 Å². The van der Waals surface area contributed by atoms with E-state index >= 15 is 0 Å². The third-order valence-electron chi connectivity index (χ3n) is 3.31. The minimum Gasteiger partial charge on any atom is -0.367 e. The predicted molar refractivity (Wildman–Crippen MR) is 95.6 cm³/mol. The van der Waals surface area contributed by atoms with Gasteiger partial charge in [-0.3, -0.25) is 4.79 Å². The molecule has 23 heavy (non-hydrogen) atoms. The topological polar surface area (TPSA) is 38.3 Å². The molecular formula is C18H17NO2S2. The van der Waals surface area contributed by atoms with Crippen molar-refractivity contribution in [3.63, 3.8) is 0 Å². The van der Waals surface area contributed by atoms with Gasteiger partial charge in [-0.2, -0.15) is 11.3 Å². The van der Waals surface area contributed by atoms with Crippen LogP contribution in [0.1, 0.15) is 10.4 Å². The van der Waals surface area contributed by atoms with Gasteiger partial charge in [0.15, 0.2) is 0 Å². The van der Waals surface area contributed by atoms with Crippen LogP contribution < -0.4 is 5.32 Å². The lowest BCUT2D eigenvalue weighted by Gasteiger charge is -2.05. The Hall–Kier alpha value is -1.95. The Kier molecular flexibility index (Phi) is 5.58. The molecule has 2 heterocycles. The fraction of sp³-hybridized carbons (Fsp3) is 0.167. The zero-order chi connectivity index (χ0) is 15.9. The quantitative estimate of drug-likeness (QED) is 0.694. The summed E-state index contributed by atoms with van der Waals surface area (Å²) in [6.07, 6.45) is 0. The Balaban J connectivity index is 1.41. The highest BCUT2D eigenvalue weighted by Crippen LogP contribution is 2.27. The van der Waals surface area contributed by atoms with Crippen molar-refractivity contribution in [3.05, 3.63) is 69.0 Å². The van der Waals surface area contributed by atoms with Gasteiger partial charge in [-0.15, -0.1) is 11.3 Å². The highest BCUT2D eigenvalue weighted by Gasteiger charge is 2.05. The molecule has 118 valence electrons. The molecule has 0 spiro atoms. The summed E-state index contributed by atoms with van der Waals surface area (Å²) in [7, 11) is 0. The number of rotatable bonds is 7. The van der Waals surface area contributed by atoms with Gasteiger partial charge in [-0.25, -0.2) is 0 Å². The average molecular weight is 343 g/mol. The Labute approximate surface area is 143 Å². The second kappa shape index (κ2) is 8.06. The number of thiophene rings is 2. The molecule has 0 bridgehead atoms. The number of nitrogens with one attached hydrogen (secondary N) is 1. The minimum absolute atomic E-state index is 0.0810. The van der Waals surface area contributed by atoms with E-state index in [9.17, 15) is 4.79 Å². The molecule has 1 N–H and O–H groups in total. The van der Waals surface area contributed by atoms with Crippen molar-refractivity contribution >= 4 is 28.6 Å². The van der Waals surface area contributed by atoms with Crippen molar-refractivity contribution in [2.45, 2.75) is 13.2 Å².